The Balaban J connectivity index is 2.29. The van der Waals surface area contributed by atoms with Gasteiger partial charge in [0.2, 0.25) is 5.91 Å². The summed E-state index contributed by atoms with van der Waals surface area (Å²) in [4.78, 5) is 29.7. The highest BCUT2D eigenvalue weighted by atomic mass is 16.2. The van der Waals surface area contributed by atoms with Gasteiger partial charge in [0, 0.05) is 6.54 Å². The van der Waals surface area contributed by atoms with E-state index >= 15 is 0 Å². The molecular formula is C14H20N4O2. The molecule has 108 valence electrons. The average Bonchev–Trinajstić information content (AvgIpc) is 2.41. The Morgan fingerprint density at radius 2 is 2.15 bits per heavy atom. The SMILES string of the molecule is CCCNc1cccc(N2CC(=O)NC(=O)C2(C)C)n1. The van der Waals surface area contributed by atoms with E-state index in [1.807, 2.05) is 18.2 Å². The van der Waals surface area contributed by atoms with E-state index in [-0.39, 0.29) is 18.4 Å². The molecule has 2 heterocycles. The Bertz CT molecular complexity index is 528. The third-order valence-electron chi connectivity index (χ3n) is 3.35. The first-order chi connectivity index (χ1) is 9.45. The highest BCUT2D eigenvalue weighted by Gasteiger charge is 2.41. The van der Waals surface area contributed by atoms with E-state index in [2.05, 4.69) is 22.5 Å². The molecule has 1 saturated heterocycles. The zero-order valence-electron chi connectivity index (χ0n) is 12.1. The van der Waals surface area contributed by atoms with E-state index in [4.69, 9.17) is 0 Å². The van der Waals surface area contributed by atoms with Gasteiger partial charge in [-0.15, -0.1) is 0 Å². The van der Waals surface area contributed by atoms with Gasteiger partial charge in [0.25, 0.3) is 5.91 Å². The number of carbonyl (C=O) groups excluding carboxylic acids is 2. The maximum Gasteiger partial charge on any atom is 0.251 e. The molecule has 0 saturated carbocycles. The summed E-state index contributed by atoms with van der Waals surface area (Å²) in [7, 11) is 0. The number of amides is 2. The van der Waals surface area contributed by atoms with Gasteiger partial charge in [-0.05, 0) is 32.4 Å². The van der Waals surface area contributed by atoms with Crippen molar-refractivity contribution in [2.24, 2.45) is 0 Å². The molecule has 6 nitrogen and oxygen atoms in total. The lowest BCUT2D eigenvalue weighted by atomic mass is 9.99. The molecule has 20 heavy (non-hydrogen) atoms. The summed E-state index contributed by atoms with van der Waals surface area (Å²) < 4.78 is 0. The van der Waals surface area contributed by atoms with E-state index in [0.29, 0.717) is 5.82 Å². The quantitative estimate of drug-likeness (QED) is 0.807. The number of anilines is 2. The number of piperazine rings is 1. The summed E-state index contributed by atoms with van der Waals surface area (Å²) in [5.41, 5.74) is -0.801. The molecule has 0 spiro atoms. The first kappa shape index (κ1) is 14.3. The summed E-state index contributed by atoms with van der Waals surface area (Å²) in [6, 6.07) is 5.55. The summed E-state index contributed by atoms with van der Waals surface area (Å²) in [5.74, 6) is 0.767. The van der Waals surface area contributed by atoms with Crippen LogP contribution in [0.4, 0.5) is 11.6 Å². The molecule has 1 aliphatic rings. The fraction of sp³-hybridized carbons (Fsp3) is 0.500. The summed E-state index contributed by atoms with van der Waals surface area (Å²) >= 11 is 0. The predicted molar refractivity (Wildman–Crippen MR) is 77.6 cm³/mol. The van der Waals surface area contributed by atoms with Crippen molar-refractivity contribution in [1.29, 1.82) is 0 Å². The summed E-state index contributed by atoms with van der Waals surface area (Å²) in [6.07, 6.45) is 1.00. The van der Waals surface area contributed by atoms with Crippen LogP contribution < -0.4 is 15.5 Å². The third kappa shape index (κ3) is 2.74. The number of nitrogens with zero attached hydrogens (tertiary/aromatic N) is 2. The second kappa shape index (κ2) is 5.48. The number of imide groups is 1. The smallest absolute Gasteiger partial charge is 0.251 e. The normalized spacial score (nSPS) is 17.9. The Morgan fingerprint density at radius 1 is 1.40 bits per heavy atom. The summed E-state index contributed by atoms with van der Waals surface area (Å²) in [5, 5.41) is 5.56. The molecule has 2 amide bonds. The lowest BCUT2D eigenvalue weighted by molar-refractivity contribution is -0.135. The Morgan fingerprint density at radius 3 is 2.85 bits per heavy atom. The summed E-state index contributed by atoms with van der Waals surface area (Å²) in [6.45, 7) is 6.60. The number of hydrogen-bond donors (Lipinski definition) is 2. The van der Waals surface area contributed by atoms with E-state index < -0.39 is 5.54 Å². The molecule has 0 bridgehead atoms. The third-order valence-corrected chi connectivity index (χ3v) is 3.35. The van der Waals surface area contributed by atoms with Crippen LogP contribution in [0, 0.1) is 0 Å². The fourth-order valence-corrected chi connectivity index (χ4v) is 2.08. The molecule has 1 fully saturated rings. The minimum Gasteiger partial charge on any atom is -0.370 e. The highest BCUT2D eigenvalue weighted by molar-refractivity contribution is 6.06. The van der Waals surface area contributed by atoms with Gasteiger partial charge in [-0.1, -0.05) is 13.0 Å². The number of carbonyl (C=O) groups is 2. The predicted octanol–water partition coefficient (Wildman–Crippen LogP) is 1.14. The molecule has 1 aliphatic heterocycles. The van der Waals surface area contributed by atoms with Crippen LogP contribution in [0.3, 0.4) is 0 Å². The van der Waals surface area contributed by atoms with Crippen molar-refractivity contribution < 1.29 is 9.59 Å². The Kier molecular flexibility index (Phi) is 3.92. The Labute approximate surface area is 118 Å². The second-order valence-electron chi connectivity index (χ2n) is 5.33. The van der Waals surface area contributed by atoms with Crippen molar-refractivity contribution in [3.8, 4) is 0 Å². The maximum atomic E-state index is 11.9. The first-order valence-corrected chi connectivity index (χ1v) is 6.78. The minimum absolute atomic E-state index is 0.128. The van der Waals surface area contributed by atoms with Crippen LogP contribution >= 0.6 is 0 Å². The van der Waals surface area contributed by atoms with Crippen LogP contribution in [0.5, 0.6) is 0 Å². The van der Waals surface area contributed by atoms with E-state index in [9.17, 15) is 9.59 Å². The molecule has 1 aromatic heterocycles. The van der Waals surface area contributed by atoms with Gasteiger partial charge in [-0.25, -0.2) is 4.98 Å². The van der Waals surface area contributed by atoms with E-state index in [1.165, 1.54) is 0 Å². The van der Waals surface area contributed by atoms with Crippen molar-refractivity contribution in [2.75, 3.05) is 23.3 Å². The van der Waals surface area contributed by atoms with Gasteiger partial charge in [0.1, 0.15) is 17.2 Å². The standard InChI is InChI=1S/C14H20N4O2/c1-4-8-15-10-6-5-7-11(16-10)18-9-12(19)17-13(20)14(18,2)3/h5-7H,4,8-9H2,1-3H3,(H,15,16)(H,17,19,20). The van der Waals surface area contributed by atoms with Gasteiger partial charge in [-0.2, -0.15) is 0 Å². The molecule has 2 N–H and O–H groups in total. The lowest BCUT2D eigenvalue weighted by Crippen LogP contribution is -2.64. The number of nitrogens with one attached hydrogen (secondary N) is 2. The number of aromatic nitrogens is 1. The minimum atomic E-state index is -0.801. The second-order valence-corrected chi connectivity index (χ2v) is 5.33. The largest absolute Gasteiger partial charge is 0.370 e. The molecule has 1 aromatic rings. The van der Waals surface area contributed by atoms with Gasteiger partial charge < -0.3 is 10.2 Å². The number of hydrogen-bond acceptors (Lipinski definition) is 5. The molecule has 0 unspecified atom stereocenters. The average molecular weight is 276 g/mol. The van der Waals surface area contributed by atoms with Crippen molar-refractivity contribution >= 4 is 23.5 Å². The lowest BCUT2D eigenvalue weighted by Gasteiger charge is -2.41. The van der Waals surface area contributed by atoms with Crippen LogP contribution in [-0.2, 0) is 9.59 Å². The van der Waals surface area contributed by atoms with Crippen LogP contribution in [-0.4, -0.2) is 35.4 Å². The molecular weight excluding hydrogens is 256 g/mol. The zero-order valence-corrected chi connectivity index (χ0v) is 12.1. The van der Waals surface area contributed by atoms with Gasteiger partial charge in [0.05, 0.1) is 6.54 Å². The van der Waals surface area contributed by atoms with Crippen LogP contribution in [0.15, 0.2) is 18.2 Å². The van der Waals surface area contributed by atoms with Crippen LogP contribution in [0.2, 0.25) is 0 Å². The van der Waals surface area contributed by atoms with Crippen LogP contribution in [0.25, 0.3) is 0 Å². The topological polar surface area (TPSA) is 74.3 Å². The fourth-order valence-electron chi connectivity index (χ4n) is 2.08. The molecule has 0 aromatic carbocycles. The molecule has 0 aliphatic carbocycles. The number of rotatable bonds is 4. The van der Waals surface area contributed by atoms with Crippen molar-refractivity contribution in [2.45, 2.75) is 32.7 Å². The van der Waals surface area contributed by atoms with Crippen LogP contribution in [0.1, 0.15) is 27.2 Å². The van der Waals surface area contributed by atoms with E-state index in [0.717, 1.165) is 18.8 Å². The van der Waals surface area contributed by atoms with Crippen molar-refractivity contribution in [1.82, 2.24) is 10.3 Å². The zero-order chi connectivity index (χ0) is 14.8. The maximum absolute atomic E-state index is 11.9. The van der Waals surface area contributed by atoms with E-state index in [1.54, 1.807) is 18.7 Å². The van der Waals surface area contributed by atoms with Crippen molar-refractivity contribution in [3.63, 3.8) is 0 Å². The number of pyridine rings is 1. The van der Waals surface area contributed by atoms with Gasteiger partial charge in [0.15, 0.2) is 0 Å². The molecule has 6 heteroatoms. The van der Waals surface area contributed by atoms with Gasteiger partial charge >= 0.3 is 0 Å². The molecule has 2 rings (SSSR count). The van der Waals surface area contributed by atoms with Crippen molar-refractivity contribution in [3.05, 3.63) is 18.2 Å². The molecule has 0 radical (unpaired) electrons. The molecule has 0 atom stereocenters. The van der Waals surface area contributed by atoms with Gasteiger partial charge in [-0.3, -0.25) is 14.9 Å². The Hall–Kier alpha value is -2.11. The monoisotopic (exact) mass is 276 g/mol. The first-order valence-electron chi connectivity index (χ1n) is 6.78. The highest BCUT2D eigenvalue weighted by Crippen LogP contribution is 2.25.